The second kappa shape index (κ2) is 2.57. The third-order valence-electron chi connectivity index (χ3n) is 2.34. The highest BCUT2D eigenvalue weighted by molar-refractivity contribution is 5.78. The van der Waals surface area contributed by atoms with E-state index in [-0.39, 0.29) is 5.82 Å². The maximum Gasteiger partial charge on any atom is 0.173 e. The zero-order valence-electron chi connectivity index (χ0n) is 7.25. The van der Waals surface area contributed by atoms with Gasteiger partial charge in [0.2, 0.25) is 0 Å². The number of hydrogen-bond acceptors (Lipinski definition) is 3. The SMILES string of the molecule is Fc1ccc2c(c1)NCc1cnoc1-2. The molecule has 0 amide bonds. The van der Waals surface area contributed by atoms with Crippen molar-refractivity contribution in [3.8, 4) is 11.3 Å². The van der Waals surface area contributed by atoms with Crippen LogP contribution in [0.4, 0.5) is 10.1 Å². The Kier molecular flexibility index (Phi) is 1.39. The van der Waals surface area contributed by atoms with Gasteiger partial charge >= 0.3 is 0 Å². The van der Waals surface area contributed by atoms with Crippen LogP contribution in [0, 0.1) is 5.82 Å². The lowest BCUT2D eigenvalue weighted by Crippen LogP contribution is -2.06. The summed E-state index contributed by atoms with van der Waals surface area (Å²) >= 11 is 0. The average molecular weight is 190 g/mol. The Morgan fingerprint density at radius 3 is 3.29 bits per heavy atom. The fourth-order valence-corrected chi connectivity index (χ4v) is 1.66. The molecule has 0 saturated carbocycles. The molecule has 1 N–H and O–H groups in total. The molecule has 14 heavy (non-hydrogen) atoms. The Morgan fingerprint density at radius 1 is 1.43 bits per heavy atom. The number of nitrogens with zero attached hydrogens (tertiary/aromatic N) is 1. The molecule has 1 aromatic heterocycles. The van der Waals surface area contributed by atoms with Gasteiger partial charge in [0.15, 0.2) is 5.76 Å². The monoisotopic (exact) mass is 190 g/mol. The lowest BCUT2D eigenvalue weighted by Gasteiger charge is -2.15. The number of aromatic nitrogens is 1. The van der Waals surface area contributed by atoms with E-state index in [1.165, 1.54) is 12.1 Å². The molecule has 1 aromatic carbocycles. The van der Waals surface area contributed by atoms with Gasteiger partial charge in [0, 0.05) is 23.4 Å². The lowest BCUT2D eigenvalue weighted by molar-refractivity contribution is 0.431. The molecule has 1 aliphatic rings. The first-order valence-corrected chi connectivity index (χ1v) is 4.32. The fourth-order valence-electron chi connectivity index (χ4n) is 1.66. The van der Waals surface area contributed by atoms with Gasteiger partial charge in [-0.05, 0) is 18.2 Å². The minimum absolute atomic E-state index is 0.251. The normalized spacial score (nSPS) is 12.9. The summed E-state index contributed by atoms with van der Waals surface area (Å²) in [5, 5.41) is 6.82. The largest absolute Gasteiger partial charge is 0.380 e. The molecule has 0 saturated heterocycles. The summed E-state index contributed by atoms with van der Waals surface area (Å²) in [6, 6.07) is 4.57. The highest BCUT2D eigenvalue weighted by Gasteiger charge is 2.19. The minimum Gasteiger partial charge on any atom is -0.380 e. The summed E-state index contributed by atoms with van der Waals surface area (Å²) < 4.78 is 18.0. The second-order valence-corrected chi connectivity index (χ2v) is 3.22. The molecular formula is C10H7FN2O. The van der Waals surface area contributed by atoms with Crippen LogP contribution in [0.1, 0.15) is 5.56 Å². The number of rotatable bonds is 0. The van der Waals surface area contributed by atoms with Crippen molar-refractivity contribution >= 4 is 5.69 Å². The van der Waals surface area contributed by atoms with E-state index in [0.717, 1.165) is 22.6 Å². The maximum absolute atomic E-state index is 12.9. The molecule has 70 valence electrons. The molecular weight excluding hydrogens is 183 g/mol. The van der Waals surface area contributed by atoms with Gasteiger partial charge in [0.05, 0.1) is 6.20 Å². The van der Waals surface area contributed by atoms with Crippen molar-refractivity contribution in [3.63, 3.8) is 0 Å². The maximum atomic E-state index is 12.9. The molecule has 0 unspecified atom stereocenters. The highest BCUT2D eigenvalue weighted by Crippen LogP contribution is 2.35. The van der Waals surface area contributed by atoms with Crippen molar-refractivity contribution in [1.29, 1.82) is 0 Å². The Balaban J connectivity index is 2.26. The first-order chi connectivity index (χ1) is 6.84. The summed E-state index contributed by atoms with van der Waals surface area (Å²) in [4.78, 5) is 0. The number of benzene rings is 1. The van der Waals surface area contributed by atoms with E-state index in [2.05, 4.69) is 10.5 Å². The van der Waals surface area contributed by atoms with Crippen LogP contribution in [0.25, 0.3) is 11.3 Å². The van der Waals surface area contributed by atoms with Crippen molar-refractivity contribution in [2.24, 2.45) is 0 Å². The zero-order chi connectivity index (χ0) is 9.54. The van der Waals surface area contributed by atoms with Gasteiger partial charge < -0.3 is 9.84 Å². The van der Waals surface area contributed by atoms with E-state index >= 15 is 0 Å². The van der Waals surface area contributed by atoms with Gasteiger partial charge in [-0.3, -0.25) is 0 Å². The van der Waals surface area contributed by atoms with Gasteiger partial charge in [-0.2, -0.15) is 0 Å². The molecule has 4 heteroatoms. The summed E-state index contributed by atoms with van der Waals surface area (Å²) in [5.74, 6) is 0.484. The van der Waals surface area contributed by atoms with Gasteiger partial charge in [-0.25, -0.2) is 4.39 Å². The van der Waals surface area contributed by atoms with Crippen LogP contribution < -0.4 is 5.32 Å². The van der Waals surface area contributed by atoms with Crippen molar-refractivity contribution < 1.29 is 8.91 Å². The molecule has 0 bridgehead atoms. The van der Waals surface area contributed by atoms with Gasteiger partial charge in [0.25, 0.3) is 0 Å². The molecule has 3 rings (SSSR count). The predicted molar refractivity (Wildman–Crippen MR) is 49.2 cm³/mol. The fraction of sp³-hybridized carbons (Fsp3) is 0.100. The number of anilines is 1. The number of halogens is 1. The summed E-state index contributed by atoms with van der Waals surface area (Å²) in [6.07, 6.45) is 1.68. The van der Waals surface area contributed by atoms with Crippen LogP contribution in [-0.4, -0.2) is 5.16 Å². The smallest absolute Gasteiger partial charge is 0.173 e. The van der Waals surface area contributed by atoms with Gasteiger partial charge in [0.1, 0.15) is 5.82 Å². The quantitative estimate of drug-likeness (QED) is 0.693. The Labute approximate surface area is 79.5 Å². The minimum atomic E-state index is -0.251. The van der Waals surface area contributed by atoms with Crippen molar-refractivity contribution in [3.05, 3.63) is 35.8 Å². The summed E-state index contributed by atoms with van der Waals surface area (Å²) in [5.41, 5.74) is 2.63. The van der Waals surface area contributed by atoms with E-state index in [1.807, 2.05) is 0 Å². The van der Waals surface area contributed by atoms with E-state index in [1.54, 1.807) is 12.3 Å². The van der Waals surface area contributed by atoms with Crippen molar-refractivity contribution in [2.45, 2.75) is 6.54 Å². The Morgan fingerprint density at radius 2 is 2.36 bits per heavy atom. The standard InChI is InChI=1S/C10H7FN2O/c11-7-1-2-8-9(3-7)12-4-6-5-13-14-10(6)8/h1-3,5,12H,4H2. The third-order valence-corrected chi connectivity index (χ3v) is 2.34. The van der Waals surface area contributed by atoms with Gasteiger partial charge in [-0.1, -0.05) is 5.16 Å². The van der Waals surface area contributed by atoms with Crippen molar-refractivity contribution in [2.75, 3.05) is 5.32 Å². The molecule has 0 atom stereocenters. The second-order valence-electron chi connectivity index (χ2n) is 3.22. The molecule has 0 spiro atoms. The zero-order valence-corrected chi connectivity index (χ0v) is 7.25. The summed E-state index contributed by atoms with van der Waals surface area (Å²) in [6.45, 7) is 0.634. The number of nitrogens with one attached hydrogen (secondary N) is 1. The van der Waals surface area contributed by atoms with Crippen LogP contribution in [0.5, 0.6) is 0 Å². The van der Waals surface area contributed by atoms with E-state index in [4.69, 9.17) is 4.52 Å². The molecule has 2 heterocycles. The van der Waals surface area contributed by atoms with Crippen LogP contribution in [0.3, 0.4) is 0 Å². The first kappa shape index (κ1) is 7.55. The van der Waals surface area contributed by atoms with Crippen LogP contribution >= 0.6 is 0 Å². The lowest BCUT2D eigenvalue weighted by atomic mass is 10.0. The Hall–Kier alpha value is -1.84. The molecule has 0 radical (unpaired) electrons. The average Bonchev–Trinajstić information content (AvgIpc) is 2.65. The van der Waals surface area contributed by atoms with Gasteiger partial charge in [-0.15, -0.1) is 0 Å². The third kappa shape index (κ3) is 0.937. The van der Waals surface area contributed by atoms with Crippen LogP contribution in [0.15, 0.2) is 28.9 Å². The van der Waals surface area contributed by atoms with Crippen LogP contribution in [0.2, 0.25) is 0 Å². The number of hydrogen-bond donors (Lipinski definition) is 1. The molecule has 0 fully saturated rings. The van der Waals surface area contributed by atoms with Crippen molar-refractivity contribution in [1.82, 2.24) is 5.16 Å². The molecule has 1 aliphatic heterocycles. The molecule has 2 aromatic rings. The topological polar surface area (TPSA) is 38.1 Å². The predicted octanol–water partition coefficient (Wildman–Crippen LogP) is 2.41. The first-order valence-electron chi connectivity index (χ1n) is 4.32. The van der Waals surface area contributed by atoms with E-state index in [0.29, 0.717) is 6.54 Å². The molecule has 0 aliphatic carbocycles. The van der Waals surface area contributed by atoms with E-state index < -0.39 is 0 Å². The Bertz CT molecular complexity index is 493. The van der Waals surface area contributed by atoms with Crippen LogP contribution in [-0.2, 0) is 6.54 Å². The molecule has 3 nitrogen and oxygen atoms in total. The highest BCUT2D eigenvalue weighted by atomic mass is 19.1. The number of fused-ring (bicyclic) bond motifs is 3. The summed E-state index contributed by atoms with van der Waals surface area (Å²) in [7, 11) is 0. The van der Waals surface area contributed by atoms with E-state index in [9.17, 15) is 4.39 Å².